The summed E-state index contributed by atoms with van der Waals surface area (Å²) in [7, 11) is 0. The van der Waals surface area contributed by atoms with E-state index in [1.807, 2.05) is 0 Å². The quantitative estimate of drug-likeness (QED) is 0.0286. The number of amides is 1. The van der Waals surface area contributed by atoms with E-state index in [1.165, 1.54) is 99.8 Å². The van der Waals surface area contributed by atoms with Crippen molar-refractivity contribution in [2.24, 2.45) is 0 Å². The number of Topliss-reactive ketones (excluding diaryl/α,β-unsaturated/α-hetero) is 3. The summed E-state index contributed by atoms with van der Waals surface area (Å²) in [6.07, 6.45) is -38.0. The minimum absolute atomic E-state index is 0.00942. The fourth-order valence-corrected chi connectivity index (χ4v) is 13.0. The van der Waals surface area contributed by atoms with E-state index in [1.54, 1.807) is 0 Å². The maximum atomic E-state index is 15.2. The smallest absolute Gasteiger partial charge is 0.478 e. The molecule has 1 amide bonds. The molecule has 580 valence electrons. The van der Waals surface area contributed by atoms with Crippen LogP contribution in [-0.4, -0.2) is 83.2 Å². The van der Waals surface area contributed by atoms with Gasteiger partial charge in [0.2, 0.25) is 0 Å². The number of nitrogen functional groups attached to an aromatic ring is 1. The van der Waals surface area contributed by atoms with Crippen molar-refractivity contribution in [3.8, 4) is 34.5 Å². The number of benzene rings is 8. The van der Waals surface area contributed by atoms with Gasteiger partial charge in [0.05, 0.1) is 28.1 Å². The van der Waals surface area contributed by atoms with Crippen LogP contribution < -0.4 is 39.5 Å². The summed E-state index contributed by atoms with van der Waals surface area (Å²) in [6.45, 7) is 0. The topological polar surface area (TPSA) is 216 Å². The number of ketones is 3. The minimum atomic E-state index is -6.37. The highest BCUT2D eigenvalue weighted by molar-refractivity contribution is 14.1. The Kier molecular flexibility index (Phi) is 25.0. The van der Waals surface area contributed by atoms with Crippen LogP contribution in [0.25, 0.3) is 0 Å². The lowest BCUT2D eigenvalue weighted by Crippen LogP contribution is -2.50. The second-order valence-corrected chi connectivity index (χ2v) is 26.5. The number of hydrogen-bond donors (Lipinski definition) is 3. The fourth-order valence-electron chi connectivity index (χ4n) is 9.67. The molecule has 0 saturated carbocycles. The van der Waals surface area contributed by atoms with Crippen LogP contribution in [0.2, 0.25) is 0 Å². The van der Waals surface area contributed by atoms with Gasteiger partial charge in [0, 0.05) is 63.2 Å². The molecule has 109 heavy (non-hydrogen) atoms. The first-order chi connectivity index (χ1) is 50.1. The number of hydrogen-bond acceptors (Lipinski definition) is 13. The van der Waals surface area contributed by atoms with E-state index < -0.39 is 161 Å². The van der Waals surface area contributed by atoms with Crippen molar-refractivity contribution >= 4 is 134 Å². The zero-order valence-electron chi connectivity index (χ0n) is 52.3. The summed E-state index contributed by atoms with van der Waals surface area (Å²) < 4.78 is 328. The number of ether oxygens (including phenoxy) is 6. The molecular weight excluding hydrogens is 1910 g/mol. The second-order valence-electron chi connectivity index (χ2n) is 22.1. The Hall–Kier alpha value is -8.92. The summed E-state index contributed by atoms with van der Waals surface area (Å²) >= 11 is 13.3. The fraction of sp³-hybridized carbons (Fsp3) is 0.182. The average molecular weight is 1950 g/mol. The van der Waals surface area contributed by atoms with Crippen molar-refractivity contribution in [3.05, 3.63) is 228 Å². The summed E-state index contributed by atoms with van der Waals surface area (Å²) in [5, 5.41) is 10.0. The molecule has 15 nitrogen and oxygen atoms in total. The molecule has 8 aromatic carbocycles. The van der Waals surface area contributed by atoms with Crippen LogP contribution >= 0.6 is 88.6 Å². The summed E-state index contributed by atoms with van der Waals surface area (Å²) in [5.41, 5.74) is -11.8. The first kappa shape index (κ1) is 85.7. The number of rotatable bonds is 15. The third-order valence-electron chi connectivity index (χ3n) is 14.9. The number of carbonyl (C=O) groups is 6. The number of halogens is 28. The van der Waals surface area contributed by atoms with Crippen molar-refractivity contribution in [3.63, 3.8) is 0 Å². The zero-order chi connectivity index (χ0) is 81.6. The summed E-state index contributed by atoms with van der Waals surface area (Å²) in [6, 6.07) is 22.2. The van der Waals surface area contributed by atoms with Crippen molar-refractivity contribution in [2.45, 2.75) is 74.2 Å². The molecule has 0 aliphatic carbocycles. The van der Waals surface area contributed by atoms with E-state index in [4.69, 9.17) is 22.4 Å². The number of anilines is 2. The largest absolute Gasteiger partial charge is 0.586 e. The molecule has 3 aliphatic heterocycles. The molecule has 43 heteroatoms. The van der Waals surface area contributed by atoms with E-state index >= 15 is 4.39 Å². The predicted molar refractivity (Wildman–Crippen MR) is 354 cm³/mol. The number of nitrogens with two attached hydrogens (primary N) is 1. The molecule has 0 atom stereocenters. The Morgan fingerprint density at radius 3 is 1.06 bits per heavy atom. The van der Waals surface area contributed by atoms with Crippen LogP contribution in [0.3, 0.4) is 0 Å². The number of carboxylic acid groups (broad SMARTS) is 1. The van der Waals surface area contributed by atoms with Gasteiger partial charge >= 0.3 is 60.9 Å². The maximum Gasteiger partial charge on any atom is 0.586 e. The molecule has 0 bridgehead atoms. The SMILES string of the molecule is Nc1c(Br)cc(C(F)(C(F)(F)F)C(F)(F)F)cc1I.O=C(Cc1cccc(C(=O)Cl)c1F)c1ccc2c(c1)OC(F)(F)O2.O=C(Cc1cccc(C(=O)Nc2c(Br)cc(C(F)(C(F)(F)F)C(F)(F)F)cc2I)c1F)c1ccc2c(c1)OC(F)(F)O2.O=C(Cc1cccc(C(=O)O)c1F)c1ccc2c(c1)OC(F)(F)O2. The van der Waals surface area contributed by atoms with E-state index in [9.17, 15) is 125 Å². The van der Waals surface area contributed by atoms with Crippen LogP contribution in [0.5, 0.6) is 34.5 Å². The molecule has 11 rings (SSSR count). The monoisotopic (exact) mass is 1940 g/mol. The van der Waals surface area contributed by atoms with Crippen LogP contribution in [0, 0.1) is 24.6 Å². The van der Waals surface area contributed by atoms with Gasteiger partial charge in [-0.05, 0) is 202 Å². The van der Waals surface area contributed by atoms with Crippen molar-refractivity contribution in [1.82, 2.24) is 0 Å². The van der Waals surface area contributed by atoms with Crippen molar-refractivity contribution in [2.75, 3.05) is 11.1 Å². The second kappa shape index (κ2) is 31.8. The van der Waals surface area contributed by atoms with Gasteiger partial charge in [-0.3, -0.25) is 24.0 Å². The Labute approximate surface area is 641 Å². The molecule has 0 radical (unpaired) electrons. The molecule has 0 unspecified atom stereocenters. The molecule has 0 aromatic heterocycles. The molecular formula is C66H32Br2ClF23I2N2O13. The Morgan fingerprint density at radius 2 is 0.734 bits per heavy atom. The number of fused-ring (bicyclic) bond motifs is 3. The number of alkyl halides is 20. The van der Waals surface area contributed by atoms with Crippen LogP contribution in [-0.2, 0) is 30.6 Å². The number of carbonyl (C=O) groups excluding carboxylic acids is 5. The maximum absolute atomic E-state index is 15.2. The predicted octanol–water partition coefficient (Wildman–Crippen LogP) is 20.6. The lowest BCUT2D eigenvalue weighted by molar-refractivity contribution is -0.349. The van der Waals surface area contributed by atoms with Crippen LogP contribution in [0.1, 0.15) is 90.0 Å². The van der Waals surface area contributed by atoms with Gasteiger partial charge in [-0.25, -0.2) is 26.7 Å². The van der Waals surface area contributed by atoms with Crippen molar-refractivity contribution in [1.29, 1.82) is 0 Å². The Balaban J connectivity index is 0.000000193. The molecule has 0 fully saturated rings. The normalized spacial score (nSPS) is 14.4. The number of carboxylic acids is 1. The van der Waals surface area contributed by atoms with E-state index in [0.29, 0.717) is 12.1 Å². The molecule has 0 saturated heterocycles. The minimum Gasteiger partial charge on any atom is -0.478 e. The highest BCUT2D eigenvalue weighted by atomic mass is 127. The van der Waals surface area contributed by atoms with Gasteiger partial charge in [0.15, 0.2) is 51.8 Å². The van der Waals surface area contributed by atoms with Crippen molar-refractivity contribution < 1.29 is 163 Å². The van der Waals surface area contributed by atoms with Gasteiger partial charge in [-0.2, -0.15) is 52.7 Å². The molecule has 4 N–H and O–H groups in total. The third-order valence-corrected chi connectivity index (χ3v) is 18.1. The van der Waals surface area contributed by atoms with E-state index in [2.05, 4.69) is 65.6 Å². The molecule has 8 aromatic rings. The Morgan fingerprint density at radius 1 is 0.431 bits per heavy atom. The van der Waals surface area contributed by atoms with Gasteiger partial charge in [0.1, 0.15) is 17.5 Å². The highest BCUT2D eigenvalue weighted by Gasteiger charge is 2.75. The van der Waals surface area contributed by atoms with Crippen LogP contribution in [0.15, 0.2) is 142 Å². The molecule has 0 spiro atoms. The Bertz CT molecular complexity index is 4760. The zero-order valence-corrected chi connectivity index (χ0v) is 60.6. The van der Waals surface area contributed by atoms with Gasteiger partial charge in [0.25, 0.3) is 11.1 Å². The van der Waals surface area contributed by atoms with Gasteiger partial charge in [-0.15, -0.1) is 26.3 Å². The first-order valence-corrected chi connectivity index (χ1v) is 33.0. The lowest BCUT2D eigenvalue weighted by Gasteiger charge is -2.31. The standard InChI is InChI=1S/C25H11BrF10INO4.C16H8ClF3O4.C16H9F3O5.C9H4BrF7IN/c26-14-8-12(22(28,23(29,30)31)24(32,33)34)9-15(37)20(14)38-21(40)13-3-1-2-11(19(13)27)6-16(39)10-4-5-17-18(7-10)42-25(35,36)41-17;17-15(22)10-3-1-2-9(14(10)18)6-11(21)8-4-5-12-13(7-8)24-16(19,20)23-12;17-14-9(2-1-3-10(14)15(21)22)6-11(20)8-4-5-12-13(7-8)24-16(18,19)23-12;10-4-1-3(2-5(18)6(4)19)7(11,8(12,13)14)9(15,16)17/h1-5,7-9H,6H2,(H,38,40);1-5,7H,6H2;1-5,7H,6H2,(H,21,22);1-2H,19H2. The first-order valence-electron chi connectivity index (χ1n) is 28.9. The lowest BCUT2D eigenvalue weighted by atomic mass is 9.94. The highest BCUT2D eigenvalue weighted by Crippen LogP contribution is 2.56. The summed E-state index contributed by atoms with van der Waals surface area (Å²) in [4.78, 5) is 72.0. The summed E-state index contributed by atoms with van der Waals surface area (Å²) in [5.74, 6) is -9.40. The van der Waals surface area contributed by atoms with E-state index in [-0.39, 0.29) is 100.0 Å². The van der Waals surface area contributed by atoms with Gasteiger partial charge < -0.3 is 44.6 Å². The number of aromatic carboxylic acids is 1. The van der Waals surface area contributed by atoms with Crippen LogP contribution in [0.4, 0.5) is 112 Å². The molecule has 3 heterocycles. The van der Waals surface area contributed by atoms with Gasteiger partial charge in [-0.1, -0.05) is 36.4 Å². The average Bonchev–Trinajstić information content (AvgIpc) is 1.70. The van der Waals surface area contributed by atoms with E-state index in [0.717, 1.165) is 54.6 Å². The number of nitrogens with one attached hydrogen (secondary N) is 1. The third kappa shape index (κ3) is 18.9. The molecule has 3 aliphatic rings.